The fraction of sp³-hybridized carbons (Fsp3) is 0.393. The Morgan fingerprint density at radius 2 is 1.89 bits per heavy atom. The molecule has 0 unspecified atom stereocenters. The zero-order valence-corrected chi connectivity index (χ0v) is 21.7. The third-order valence-corrected chi connectivity index (χ3v) is 6.98. The lowest BCUT2D eigenvalue weighted by Gasteiger charge is -2.36. The van der Waals surface area contributed by atoms with Crippen LogP contribution in [0.5, 0.6) is 0 Å². The van der Waals surface area contributed by atoms with Crippen LogP contribution in [0, 0.1) is 0 Å². The Morgan fingerprint density at radius 3 is 2.68 bits per heavy atom. The molecule has 1 saturated heterocycles. The average Bonchev–Trinajstić information content (AvgIpc) is 3.43. The molecule has 9 heteroatoms. The number of nitrogens with one attached hydrogen (secondary N) is 2. The van der Waals surface area contributed by atoms with Gasteiger partial charge in [0.1, 0.15) is 5.69 Å². The number of hydrogen-bond donors (Lipinski definition) is 2. The number of aromatic nitrogens is 5. The zero-order chi connectivity index (χ0) is 25.8. The summed E-state index contributed by atoms with van der Waals surface area (Å²) < 4.78 is 0. The van der Waals surface area contributed by atoms with E-state index in [0.29, 0.717) is 23.7 Å². The maximum absolute atomic E-state index is 12.9. The van der Waals surface area contributed by atoms with Crippen molar-refractivity contribution in [2.45, 2.75) is 33.2 Å². The lowest BCUT2D eigenvalue weighted by atomic mass is 10.1. The first kappa shape index (κ1) is 25.0. The molecule has 5 heterocycles. The Morgan fingerprint density at radius 1 is 1.05 bits per heavy atom. The number of H-pyrrole nitrogens is 1. The van der Waals surface area contributed by atoms with Crippen molar-refractivity contribution in [2.24, 2.45) is 0 Å². The summed E-state index contributed by atoms with van der Waals surface area (Å²) in [5.74, 6) is -0.132. The summed E-state index contributed by atoms with van der Waals surface area (Å²) in [5.41, 5.74) is 6.07. The monoisotopic (exact) mass is 498 g/mol. The molecule has 1 aliphatic heterocycles. The highest BCUT2D eigenvalue weighted by Crippen LogP contribution is 2.29. The van der Waals surface area contributed by atoms with Crippen molar-refractivity contribution in [2.75, 3.05) is 39.3 Å². The summed E-state index contributed by atoms with van der Waals surface area (Å²) in [6.07, 6.45) is 4.30. The molecule has 0 bridgehead atoms. The summed E-state index contributed by atoms with van der Waals surface area (Å²) in [4.78, 5) is 31.8. The molecule has 2 N–H and O–H groups in total. The normalized spacial score (nSPS) is 14.9. The van der Waals surface area contributed by atoms with E-state index in [1.54, 1.807) is 12.3 Å². The Kier molecular flexibility index (Phi) is 7.52. The van der Waals surface area contributed by atoms with E-state index >= 15 is 0 Å². The van der Waals surface area contributed by atoms with Crippen molar-refractivity contribution in [1.29, 1.82) is 0 Å². The number of rotatable bonds is 8. The first-order chi connectivity index (χ1) is 18.0. The minimum absolute atomic E-state index is 0.132. The highest BCUT2D eigenvalue weighted by molar-refractivity contribution is 5.97. The smallest absolute Gasteiger partial charge is 0.252 e. The van der Waals surface area contributed by atoms with Gasteiger partial charge >= 0.3 is 0 Å². The Balaban J connectivity index is 1.28. The van der Waals surface area contributed by atoms with Gasteiger partial charge in [-0.3, -0.25) is 29.7 Å². The van der Waals surface area contributed by atoms with Gasteiger partial charge in [-0.2, -0.15) is 5.10 Å². The number of carbonyl (C=O) groups is 1. The van der Waals surface area contributed by atoms with Gasteiger partial charge in [0.2, 0.25) is 0 Å². The molecule has 37 heavy (non-hydrogen) atoms. The first-order valence-electron chi connectivity index (χ1n) is 13.0. The van der Waals surface area contributed by atoms with Crippen LogP contribution in [-0.4, -0.2) is 86.2 Å². The molecule has 5 rings (SSSR count). The quantitative estimate of drug-likeness (QED) is 0.384. The van der Waals surface area contributed by atoms with E-state index < -0.39 is 0 Å². The number of aromatic amines is 1. The van der Waals surface area contributed by atoms with Gasteiger partial charge in [-0.05, 0) is 50.6 Å². The highest BCUT2D eigenvalue weighted by Gasteiger charge is 2.19. The van der Waals surface area contributed by atoms with Crippen LogP contribution >= 0.6 is 0 Å². The Labute approximate surface area is 217 Å². The number of aryl methyl sites for hydroxylation is 1. The van der Waals surface area contributed by atoms with Crippen molar-refractivity contribution in [3.05, 3.63) is 60.0 Å². The molecule has 9 nitrogen and oxygen atoms in total. The van der Waals surface area contributed by atoms with Crippen LogP contribution in [0.2, 0.25) is 0 Å². The number of fused-ring (bicyclic) bond motifs is 1. The maximum atomic E-state index is 12.9. The molecule has 4 aromatic rings. The van der Waals surface area contributed by atoms with Crippen molar-refractivity contribution < 1.29 is 4.79 Å². The van der Waals surface area contributed by atoms with Gasteiger partial charge in [-0.15, -0.1) is 0 Å². The van der Waals surface area contributed by atoms with E-state index in [1.807, 2.05) is 36.5 Å². The third kappa shape index (κ3) is 5.68. The molecule has 1 amide bonds. The van der Waals surface area contributed by atoms with Crippen LogP contribution in [0.15, 0.2) is 48.8 Å². The summed E-state index contributed by atoms with van der Waals surface area (Å²) in [6.45, 7) is 12.2. The van der Waals surface area contributed by atoms with Crippen LogP contribution < -0.4 is 5.32 Å². The molecule has 0 atom stereocenters. The number of nitrogens with zero attached hydrogens (tertiary/aromatic N) is 6. The molecule has 1 aliphatic rings. The molecule has 0 spiro atoms. The van der Waals surface area contributed by atoms with E-state index in [9.17, 15) is 4.79 Å². The molecule has 0 aromatic carbocycles. The lowest BCUT2D eigenvalue weighted by Crippen LogP contribution is -2.50. The summed E-state index contributed by atoms with van der Waals surface area (Å²) in [6, 6.07) is 12.2. The van der Waals surface area contributed by atoms with Gasteiger partial charge in [0.15, 0.2) is 0 Å². The van der Waals surface area contributed by atoms with Gasteiger partial charge < -0.3 is 5.32 Å². The number of piperazine rings is 1. The molecule has 0 radical (unpaired) electrons. The standard InChI is InChI=1S/C28H34N8O/c1-4-21-6-5-7-25(32-21)27-22(18-31-34-27)23-8-9-24-26(33-23)16-20(17-30-24)28(37)29-10-11-35-12-14-36(15-13-35)19(2)3/h5-9,16-19H,4,10-15H2,1-3H3,(H,29,37)(H,31,34). The van der Waals surface area contributed by atoms with Crippen LogP contribution in [0.1, 0.15) is 36.8 Å². The van der Waals surface area contributed by atoms with Crippen molar-refractivity contribution in [3.63, 3.8) is 0 Å². The van der Waals surface area contributed by atoms with Crippen molar-refractivity contribution in [3.8, 4) is 22.6 Å². The summed E-state index contributed by atoms with van der Waals surface area (Å²) >= 11 is 0. The maximum Gasteiger partial charge on any atom is 0.252 e. The molecule has 192 valence electrons. The SMILES string of the molecule is CCc1cccc(-c2n[nH]cc2-c2ccc3ncc(C(=O)NCCN4CCN(C(C)C)CC4)cc3n2)n1. The second-order valence-electron chi connectivity index (χ2n) is 9.70. The predicted octanol–water partition coefficient (Wildman–Crippen LogP) is 3.40. The highest BCUT2D eigenvalue weighted by atomic mass is 16.1. The molecule has 0 saturated carbocycles. The van der Waals surface area contributed by atoms with E-state index in [0.717, 1.165) is 73.0 Å². The van der Waals surface area contributed by atoms with Crippen molar-refractivity contribution in [1.82, 2.24) is 40.3 Å². The van der Waals surface area contributed by atoms with E-state index in [-0.39, 0.29) is 5.91 Å². The number of hydrogen-bond acceptors (Lipinski definition) is 7. The van der Waals surface area contributed by atoms with E-state index in [4.69, 9.17) is 9.97 Å². The first-order valence-corrected chi connectivity index (χ1v) is 13.0. The third-order valence-electron chi connectivity index (χ3n) is 6.98. The van der Waals surface area contributed by atoms with Gasteiger partial charge in [-0.1, -0.05) is 13.0 Å². The zero-order valence-electron chi connectivity index (χ0n) is 21.7. The number of pyridine rings is 3. The van der Waals surface area contributed by atoms with Crippen LogP contribution in [0.25, 0.3) is 33.7 Å². The summed E-state index contributed by atoms with van der Waals surface area (Å²) in [7, 11) is 0. The molecule has 0 aliphatic carbocycles. The fourth-order valence-corrected chi connectivity index (χ4v) is 4.70. The van der Waals surface area contributed by atoms with Gasteiger partial charge in [0, 0.05) is 69.0 Å². The molecular formula is C28H34N8O. The number of carbonyl (C=O) groups excluding carboxylic acids is 1. The van der Waals surface area contributed by atoms with Gasteiger partial charge in [-0.25, -0.2) is 4.98 Å². The van der Waals surface area contributed by atoms with E-state index in [2.05, 4.69) is 51.1 Å². The molecule has 4 aromatic heterocycles. The lowest BCUT2D eigenvalue weighted by molar-refractivity contribution is 0.0920. The summed E-state index contributed by atoms with van der Waals surface area (Å²) in [5, 5.41) is 10.4. The minimum Gasteiger partial charge on any atom is -0.351 e. The average molecular weight is 499 g/mol. The molecular weight excluding hydrogens is 464 g/mol. The van der Waals surface area contributed by atoms with Gasteiger partial charge in [0.25, 0.3) is 5.91 Å². The largest absolute Gasteiger partial charge is 0.351 e. The Bertz CT molecular complexity index is 1370. The minimum atomic E-state index is -0.132. The molecule has 1 fully saturated rings. The second-order valence-corrected chi connectivity index (χ2v) is 9.70. The topological polar surface area (TPSA) is 103 Å². The fourth-order valence-electron chi connectivity index (χ4n) is 4.70. The van der Waals surface area contributed by atoms with Crippen LogP contribution in [0.4, 0.5) is 0 Å². The second kappa shape index (κ2) is 11.1. The van der Waals surface area contributed by atoms with E-state index in [1.165, 1.54) is 0 Å². The Hall–Kier alpha value is -3.69. The van der Waals surface area contributed by atoms with Crippen LogP contribution in [-0.2, 0) is 6.42 Å². The number of amides is 1. The van der Waals surface area contributed by atoms with Crippen LogP contribution in [0.3, 0.4) is 0 Å². The predicted molar refractivity (Wildman–Crippen MR) is 145 cm³/mol. The van der Waals surface area contributed by atoms with Crippen molar-refractivity contribution >= 4 is 16.9 Å². The van der Waals surface area contributed by atoms with Gasteiger partial charge in [0.05, 0.1) is 28.0 Å².